The number of hydrogen-bond acceptors (Lipinski definition) is 2. The van der Waals surface area contributed by atoms with E-state index in [9.17, 15) is 0 Å². The van der Waals surface area contributed by atoms with E-state index in [0.717, 1.165) is 0 Å². The van der Waals surface area contributed by atoms with Crippen molar-refractivity contribution in [3.8, 4) is 0 Å². The zero-order valence-electron chi connectivity index (χ0n) is 2.19. The van der Waals surface area contributed by atoms with Crippen molar-refractivity contribution in [2.45, 2.75) is 5.75 Å². The maximum absolute atomic E-state index is 7.77. The molecular formula is CH2Cl2O2. The van der Waals surface area contributed by atoms with Crippen molar-refractivity contribution in [3.63, 3.8) is 0 Å². The van der Waals surface area contributed by atoms with Gasteiger partial charge in [-0.3, -0.25) is 0 Å². The molecule has 0 radical (unpaired) electrons. The molecule has 0 saturated carbocycles. The third-order valence-corrected chi connectivity index (χ3v) is 0.423. The van der Waals surface area contributed by atoms with E-state index < -0.39 is 5.75 Å². The van der Waals surface area contributed by atoms with Crippen LogP contribution in [0.15, 0.2) is 0 Å². The van der Waals surface area contributed by atoms with E-state index in [1.165, 1.54) is 0 Å². The molecule has 0 saturated heterocycles. The number of halogens is 2. The lowest BCUT2D eigenvalue weighted by Crippen LogP contribution is -1.90. The first-order valence-corrected chi connectivity index (χ1v) is 1.61. The minimum Gasteiger partial charge on any atom is -0.355 e. The fraction of sp³-hybridized carbons (Fsp3) is 1.00. The summed E-state index contributed by atoms with van der Waals surface area (Å²) < 4.78 is 3.54. The molecule has 0 aliphatic heterocycles. The van der Waals surface area contributed by atoms with Crippen LogP contribution in [0.5, 0.6) is 0 Å². The number of aliphatic hydroxyl groups is 1. The van der Waals surface area contributed by atoms with Gasteiger partial charge >= 0.3 is 0 Å². The van der Waals surface area contributed by atoms with Crippen molar-refractivity contribution in [3.05, 3.63) is 0 Å². The number of alkyl halides is 1. The summed E-state index contributed by atoms with van der Waals surface area (Å²) in [6.07, 6.45) is 0. The lowest BCUT2D eigenvalue weighted by molar-refractivity contribution is 0.0647. The molecular weight excluding hydrogens is 115 g/mol. The topological polar surface area (TPSA) is 29.5 Å². The second-order valence-corrected chi connectivity index (χ2v) is 0.933. The van der Waals surface area contributed by atoms with Crippen molar-refractivity contribution >= 4 is 23.5 Å². The summed E-state index contributed by atoms with van der Waals surface area (Å²) in [4.78, 5) is 0. The molecule has 0 spiro atoms. The van der Waals surface area contributed by atoms with Gasteiger partial charge in [0.1, 0.15) is 0 Å². The van der Waals surface area contributed by atoms with Gasteiger partial charge in [0, 0.05) is 0 Å². The van der Waals surface area contributed by atoms with Gasteiger partial charge in [-0.2, -0.15) is 0 Å². The molecule has 2 nitrogen and oxygen atoms in total. The Morgan fingerprint density at radius 2 is 2.00 bits per heavy atom. The summed E-state index contributed by atoms with van der Waals surface area (Å²) in [5, 5.41) is 7.77. The molecule has 1 N–H and O–H groups in total. The molecule has 0 aliphatic carbocycles. The van der Waals surface area contributed by atoms with E-state index in [-0.39, 0.29) is 0 Å². The highest BCUT2D eigenvalue weighted by Gasteiger charge is 1.87. The molecule has 0 fully saturated rings. The molecule has 0 bridgehead atoms. The lowest BCUT2D eigenvalue weighted by atomic mass is 11.5. The second kappa shape index (κ2) is 2.72. The monoisotopic (exact) mass is 116 g/mol. The molecule has 0 aromatic carbocycles. The Hall–Kier alpha value is 0.500. The number of aliphatic hydroxyl groups excluding tert-OH is 1. The van der Waals surface area contributed by atoms with Gasteiger partial charge in [-0.25, -0.2) is 4.29 Å². The average molecular weight is 117 g/mol. The maximum atomic E-state index is 7.77. The molecule has 0 heterocycles. The minimum absolute atomic E-state index is 1.38. The summed E-state index contributed by atoms with van der Waals surface area (Å²) >= 11 is 9.12. The first-order chi connectivity index (χ1) is 2.27. The van der Waals surface area contributed by atoms with Crippen LogP contribution in [0.2, 0.25) is 0 Å². The molecule has 0 rings (SSSR count). The van der Waals surface area contributed by atoms with Crippen LogP contribution >= 0.6 is 23.5 Å². The van der Waals surface area contributed by atoms with E-state index in [1.807, 2.05) is 0 Å². The molecule has 32 valence electrons. The highest BCUT2D eigenvalue weighted by molar-refractivity contribution is 6.21. The van der Waals surface area contributed by atoms with Crippen LogP contribution in [0, 0.1) is 0 Å². The van der Waals surface area contributed by atoms with Gasteiger partial charge in [0.15, 0.2) is 0 Å². The predicted molar refractivity (Wildman–Crippen MR) is 18.8 cm³/mol. The van der Waals surface area contributed by atoms with Crippen molar-refractivity contribution in [1.82, 2.24) is 0 Å². The molecule has 5 heavy (non-hydrogen) atoms. The first-order valence-electron chi connectivity index (χ1n) is 0.866. The van der Waals surface area contributed by atoms with Crippen LogP contribution in [0.4, 0.5) is 0 Å². The van der Waals surface area contributed by atoms with Crippen molar-refractivity contribution in [1.29, 1.82) is 0 Å². The molecule has 0 aromatic heterocycles. The fourth-order valence-electron chi connectivity index (χ4n) is 0. The lowest BCUT2D eigenvalue weighted by Gasteiger charge is -1.86. The molecule has 1 unspecified atom stereocenters. The number of rotatable bonds is 1. The Balaban J connectivity index is 2.54. The third kappa shape index (κ3) is 4.50. The van der Waals surface area contributed by atoms with Crippen LogP contribution in [0.25, 0.3) is 0 Å². The van der Waals surface area contributed by atoms with Gasteiger partial charge in [-0.1, -0.05) is 11.6 Å². The Bertz CT molecular complexity index is 21.6. The van der Waals surface area contributed by atoms with E-state index >= 15 is 0 Å². The van der Waals surface area contributed by atoms with Gasteiger partial charge in [-0.15, -0.1) is 0 Å². The standard InChI is InChI=1S/CH2Cl2O2/c2-1(4)5-3/h1,4H. The average Bonchev–Trinajstić information content (AvgIpc) is 1.38. The summed E-state index contributed by atoms with van der Waals surface area (Å²) in [5.74, 6) is -1.38. The minimum atomic E-state index is -1.38. The highest BCUT2D eigenvalue weighted by Crippen LogP contribution is 1.92. The van der Waals surface area contributed by atoms with E-state index in [4.69, 9.17) is 5.11 Å². The van der Waals surface area contributed by atoms with E-state index in [2.05, 4.69) is 27.8 Å². The number of hydrogen-bond donors (Lipinski definition) is 1. The van der Waals surface area contributed by atoms with Crippen LogP contribution < -0.4 is 0 Å². The van der Waals surface area contributed by atoms with Crippen molar-refractivity contribution in [2.24, 2.45) is 0 Å². The molecule has 0 aliphatic rings. The Labute approximate surface area is 39.4 Å². The SMILES string of the molecule is OC(Cl)OCl. The molecule has 0 aromatic rings. The smallest absolute Gasteiger partial charge is 0.252 e. The van der Waals surface area contributed by atoms with E-state index in [1.54, 1.807) is 0 Å². The van der Waals surface area contributed by atoms with Gasteiger partial charge in [-0.05, 0) is 0 Å². The normalized spacial score (nSPS) is 15.0. The van der Waals surface area contributed by atoms with E-state index in [0.29, 0.717) is 0 Å². The summed E-state index contributed by atoms with van der Waals surface area (Å²) in [5.41, 5.74) is 0. The van der Waals surface area contributed by atoms with Gasteiger partial charge in [0.2, 0.25) is 0 Å². The van der Waals surface area contributed by atoms with Gasteiger partial charge < -0.3 is 5.11 Å². The first kappa shape index (κ1) is 5.50. The summed E-state index contributed by atoms with van der Waals surface area (Å²) in [6, 6.07) is 0. The van der Waals surface area contributed by atoms with Crippen molar-refractivity contribution < 1.29 is 9.40 Å². The highest BCUT2D eigenvalue weighted by atomic mass is 35.5. The molecule has 4 heteroatoms. The zero-order valence-corrected chi connectivity index (χ0v) is 3.70. The summed E-state index contributed by atoms with van der Waals surface area (Å²) in [6.45, 7) is 0. The third-order valence-electron chi connectivity index (χ3n) is 0.0735. The molecule has 1 atom stereocenters. The van der Waals surface area contributed by atoms with Crippen LogP contribution in [-0.2, 0) is 4.29 Å². The van der Waals surface area contributed by atoms with Crippen LogP contribution in [0.1, 0.15) is 0 Å². The summed E-state index contributed by atoms with van der Waals surface area (Å²) in [7, 11) is 0. The Morgan fingerprint density at radius 3 is 2.00 bits per heavy atom. The van der Waals surface area contributed by atoms with Crippen molar-refractivity contribution in [2.75, 3.05) is 0 Å². The largest absolute Gasteiger partial charge is 0.355 e. The fourth-order valence-corrected chi connectivity index (χ4v) is 0. The Morgan fingerprint density at radius 1 is 1.80 bits per heavy atom. The quantitative estimate of drug-likeness (QED) is 0.404. The molecule has 0 amide bonds. The van der Waals surface area contributed by atoms with Crippen LogP contribution in [0.3, 0.4) is 0 Å². The van der Waals surface area contributed by atoms with Crippen LogP contribution in [-0.4, -0.2) is 10.9 Å². The van der Waals surface area contributed by atoms with Gasteiger partial charge in [0.05, 0.1) is 11.9 Å². The van der Waals surface area contributed by atoms with Gasteiger partial charge in [0.25, 0.3) is 5.75 Å². The predicted octanol–water partition coefficient (Wildman–Crippen LogP) is 0.671. The Kier molecular flexibility index (Phi) is 2.99. The second-order valence-electron chi connectivity index (χ2n) is 0.381. The zero-order chi connectivity index (χ0) is 4.28. The maximum Gasteiger partial charge on any atom is 0.252 e.